The standard InChI is InChI=1S/C14H19NO2S/c1-10-8-12(2-3-13(10)16)15-14(17)9-11-4-6-18-7-5-11/h2-3,8,11,16H,4-7,9H2,1H3,(H,15,17). The van der Waals surface area contributed by atoms with Gasteiger partial charge in [0.1, 0.15) is 5.75 Å². The van der Waals surface area contributed by atoms with Gasteiger partial charge in [-0.1, -0.05) is 0 Å². The summed E-state index contributed by atoms with van der Waals surface area (Å²) in [6, 6.07) is 5.14. The topological polar surface area (TPSA) is 49.3 Å². The van der Waals surface area contributed by atoms with Crippen molar-refractivity contribution >= 4 is 23.4 Å². The fourth-order valence-electron chi connectivity index (χ4n) is 2.16. The van der Waals surface area contributed by atoms with Gasteiger partial charge in [-0.15, -0.1) is 0 Å². The van der Waals surface area contributed by atoms with Crippen LogP contribution in [0.4, 0.5) is 5.69 Å². The van der Waals surface area contributed by atoms with Crippen LogP contribution in [0, 0.1) is 12.8 Å². The van der Waals surface area contributed by atoms with E-state index in [2.05, 4.69) is 5.32 Å². The van der Waals surface area contributed by atoms with E-state index < -0.39 is 0 Å². The summed E-state index contributed by atoms with van der Waals surface area (Å²) >= 11 is 1.97. The van der Waals surface area contributed by atoms with Crippen molar-refractivity contribution < 1.29 is 9.90 Å². The van der Waals surface area contributed by atoms with Crippen LogP contribution in [0.3, 0.4) is 0 Å². The summed E-state index contributed by atoms with van der Waals surface area (Å²) in [4.78, 5) is 11.9. The van der Waals surface area contributed by atoms with Crippen LogP contribution in [0.5, 0.6) is 5.75 Å². The lowest BCUT2D eigenvalue weighted by Crippen LogP contribution is -2.19. The number of nitrogens with one attached hydrogen (secondary N) is 1. The summed E-state index contributed by atoms with van der Waals surface area (Å²) in [5, 5.41) is 12.3. The zero-order valence-corrected chi connectivity index (χ0v) is 11.4. The van der Waals surface area contributed by atoms with Gasteiger partial charge in [-0.25, -0.2) is 0 Å². The van der Waals surface area contributed by atoms with E-state index in [1.54, 1.807) is 18.2 Å². The number of phenolic OH excluding ortho intramolecular Hbond substituents is 1. The Kier molecular flexibility index (Phi) is 4.53. The predicted molar refractivity (Wildman–Crippen MR) is 76.1 cm³/mol. The molecule has 4 heteroatoms. The van der Waals surface area contributed by atoms with E-state index in [1.807, 2.05) is 18.7 Å². The first-order valence-corrected chi connectivity index (χ1v) is 7.48. The van der Waals surface area contributed by atoms with Gasteiger partial charge >= 0.3 is 0 Å². The van der Waals surface area contributed by atoms with Gasteiger partial charge in [0.05, 0.1) is 0 Å². The van der Waals surface area contributed by atoms with E-state index in [-0.39, 0.29) is 11.7 Å². The summed E-state index contributed by atoms with van der Waals surface area (Å²) in [7, 11) is 0. The van der Waals surface area contributed by atoms with Gasteiger partial charge in [-0.05, 0) is 61.0 Å². The highest BCUT2D eigenvalue weighted by atomic mass is 32.2. The van der Waals surface area contributed by atoms with Crippen molar-refractivity contribution in [2.24, 2.45) is 5.92 Å². The minimum Gasteiger partial charge on any atom is -0.508 e. The number of amides is 1. The van der Waals surface area contributed by atoms with Gasteiger partial charge in [0.25, 0.3) is 0 Å². The average Bonchev–Trinajstić information content (AvgIpc) is 2.35. The van der Waals surface area contributed by atoms with Crippen molar-refractivity contribution in [3.63, 3.8) is 0 Å². The third kappa shape index (κ3) is 3.67. The number of carbonyl (C=O) groups excluding carboxylic acids is 1. The first-order chi connectivity index (χ1) is 8.65. The molecule has 0 saturated carbocycles. The Morgan fingerprint density at radius 2 is 2.17 bits per heavy atom. The normalized spacial score (nSPS) is 16.5. The van der Waals surface area contributed by atoms with E-state index in [0.29, 0.717) is 12.3 Å². The fraction of sp³-hybridized carbons (Fsp3) is 0.500. The maximum atomic E-state index is 11.9. The van der Waals surface area contributed by atoms with Gasteiger partial charge in [0.2, 0.25) is 5.91 Å². The van der Waals surface area contributed by atoms with Gasteiger partial charge in [-0.2, -0.15) is 11.8 Å². The molecular weight excluding hydrogens is 246 g/mol. The molecule has 1 aromatic carbocycles. The Bertz CT molecular complexity index is 428. The quantitative estimate of drug-likeness (QED) is 0.825. The monoisotopic (exact) mass is 265 g/mol. The van der Waals surface area contributed by atoms with E-state index in [9.17, 15) is 9.90 Å². The Morgan fingerprint density at radius 1 is 1.44 bits per heavy atom. The van der Waals surface area contributed by atoms with Crippen molar-refractivity contribution in [3.05, 3.63) is 23.8 Å². The Morgan fingerprint density at radius 3 is 2.83 bits per heavy atom. The summed E-state index contributed by atoms with van der Waals surface area (Å²) in [6.45, 7) is 1.82. The molecule has 0 atom stereocenters. The number of anilines is 1. The zero-order chi connectivity index (χ0) is 13.0. The molecule has 3 nitrogen and oxygen atoms in total. The molecule has 1 amide bonds. The number of aryl methyl sites for hydroxylation is 1. The molecule has 1 aliphatic rings. The Hall–Kier alpha value is -1.16. The van der Waals surface area contributed by atoms with Crippen molar-refractivity contribution in [1.82, 2.24) is 0 Å². The van der Waals surface area contributed by atoms with E-state index in [4.69, 9.17) is 0 Å². The lowest BCUT2D eigenvalue weighted by molar-refractivity contribution is -0.117. The highest BCUT2D eigenvalue weighted by Gasteiger charge is 2.17. The number of aromatic hydroxyl groups is 1. The summed E-state index contributed by atoms with van der Waals surface area (Å²) < 4.78 is 0. The summed E-state index contributed by atoms with van der Waals surface area (Å²) in [6.07, 6.45) is 2.90. The van der Waals surface area contributed by atoms with Crippen LogP contribution < -0.4 is 5.32 Å². The molecule has 0 radical (unpaired) electrons. The maximum absolute atomic E-state index is 11.9. The number of benzene rings is 1. The molecule has 2 N–H and O–H groups in total. The summed E-state index contributed by atoms with van der Waals surface area (Å²) in [5.74, 6) is 3.23. The van der Waals surface area contributed by atoms with E-state index in [1.165, 1.54) is 11.5 Å². The van der Waals surface area contributed by atoms with Gasteiger partial charge in [0.15, 0.2) is 0 Å². The number of thioether (sulfide) groups is 1. The molecule has 0 aromatic heterocycles. The van der Waals surface area contributed by atoms with Gasteiger partial charge in [0, 0.05) is 12.1 Å². The summed E-state index contributed by atoms with van der Waals surface area (Å²) in [5.41, 5.74) is 1.54. The molecule has 18 heavy (non-hydrogen) atoms. The minimum atomic E-state index is 0.0805. The smallest absolute Gasteiger partial charge is 0.224 e. The van der Waals surface area contributed by atoms with Crippen LogP contribution in [-0.4, -0.2) is 22.5 Å². The molecule has 2 rings (SSSR count). The van der Waals surface area contributed by atoms with Gasteiger partial charge < -0.3 is 10.4 Å². The molecule has 98 valence electrons. The second kappa shape index (κ2) is 6.14. The van der Waals surface area contributed by atoms with Crippen LogP contribution in [0.15, 0.2) is 18.2 Å². The number of hydrogen-bond acceptors (Lipinski definition) is 3. The Balaban J connectivity index is 1.88. The van der Waals surface area contributed by atoms with Crippen molar-refractivity contribution in [2.45, 2.75) is 26.2 Å². The zero-order valence-electron chi connectivity index (χ0n) is 10.6. The highest BCUT2D eigenvalue weighted by molar-refractivity contribution is 7.99. The number of phenols is 1. The maximum Gasteiger partial charge on any atom is 0.224 e. The molecule has 0 bridgehead atoms. The van der Waals surface area contributed by atoms with Crippen LogP contribution in [0.1, 0.15) is 24.8 Å². The SMILES string of the molecule is Cc1cc(NC(=O)CC2CCSCC2)ccc1O. The lowest BCUT2D eigenvalue weighted by Gasteiger charge is -2.20. The molecular formula is C14H19NO2S. The van der Waals surface area contributed by atoms with Crippen LogP contribution in [0.25, 0.3) is 0 Å². The second-order valence-corrected chi connectivity index (χ2v) is 6.03. The molecule has 0 unspecified atom stereocenters. The molecule has 1 saturated heterocycles. The van der Waals surface area contributed by atoms with Crippen LogP contribution >= 0.6 is 11.8 Å². The lowest BCUT2D eigenvalue weighted by atomic mass is 9.98. The molecule has 1 aliphatic heterocycles. The first-order valence-electron chi connectivity index (χ1n) is 6.32. The predicted octanol–water partition coefficient (Wildman–Crippen LogP) is 3.17. The highest BCUT2D eigenvalue weighted by Crippen LogP contribution is 2.26. The number of rotatable bonds is 3. The second-order valence-electron chi connectivity index (χ2n) is 4.81. The van der Waals surface area contributed by atoms with Crippen molar-refractivity contribution in [2.75, 3.05) is 16.8 Å². The first kappa shape index (κ1) is 13.3. The Labute approximate surface area is 112 Å². The third-order valence-electron chi connectivity index (χ3n) is 3.30. The number of carbonyl (C=O) groups is 1. The molecule has 1 fully saturated rings. The van der Waals surface area contributed by atoms with Crippen LogP contribution in [0.2, 0.25) is 0 Å². The van der Waals surface area contributed by atoms with Gasteiger partial charge in [-0.3, -0.25) is 4.79 Å². The van der Waals surface area contributed by atoms with E-state index >= 15 is 0 Å². The average molecular weight is 265 g/mol. The molecule has 0 aliphatic carbocycles. The fourth-order valence-corrected chi connectivity index (χ4v) is 3.36. The number of hydrogen-bond donors (Lipinski definition) is 2. The largest absolute Gasteiger partial charge is 0.508 e. The van der Waals surface area contributed by atoms with Crippen LogP contribution in [-0.2, 0) is 4.79 Å². The molecule has 1 aromatic rings. The minimum absolute atomic E-state index is 0.0805. The molecule has 0 spiro atoms. The van der Waals surface area contributed by atoms with Crippen molar-refractivity contribution in [3.8, 4) is 5.75 Å². The third-order valence-corrected chi connectivity index (χ3v) is 4.34. The van der Waals surface area contributed by atoms with E-state index in [0.717, 1.165) is 24.1 Å². The molecule has 1 heterocycles. The van der Waals surface area contributed by atoms with Crippen molar-refractivity contribution in [1.29, 1.82) is 0 Å².